The van der Waals surface area contributed by atoms with Crippen molar-refractivity contribution in [1.29, 1.82) is 0 Å². The summed E-state index contributed by atoms with van der Waals surface area (Å²) in [5.74, 6) is -4.13. The van der Waals surface area contributed by atoms with Crippen LogP contribution in [-0.4, -0.2) is 93.2 Å². The second kappa shape index (κ2) is 12.6. The Morgan fingerprint density at radius 3 is 2.40 bits per heavy atom. The lowest BCUT2D eigenvalue weighted by Crippen LogP contribution is -2.57. The van der Waals surface area contributed by atoms with Crippen LogP contribution >= 0.6 is 24.4 Å². The molecule has 1 aliphatic heterocycles. The topological polar surface area (TPSA) is 179 Å². The molecule has 6 N–H and O–H groups in total. The van der Waals surface area contributed by atoms with E-state index in [1.165, 1.54) is 4.90 Å². The number of hydrogen-bond donors (Lipinski definition) is 6. The average Bonchev–Trinajstić information content (AvgIpc) is 3.18. The number of carboxylic acids is 2. The van der Waals surface area contributed by atoms with Crippen LogP contribution in [0.1, 0.15) is 25.7 Å². The van der Waals surface area contributed by atoms with Crippen LogP contribution in [0.2, 0.25) is 0 Å². The highest BCUT2D eigenvalue weighted by molar-refractivity contribution is 7.98. The lowest BCUT2D eigenvalue weighted by Gasteiger charge is -2.28. The molecule has 30 heavy (non-hydrogen) atoms. The van der Waals surface area contributed by atoms with Crippen LogP contribution in [0.4, 0.5) is 0 Å². The molecule has 0 aliphatic carbocycles. The molecule has 13 heteroatoms. The maximum absolute atomic E-state index is 12.7. The molecule has 1 rings (SSSR count). The van der Waals surface area contributed by atoms with Gasteiger partial charge >= 0.3 is 11.9 Å². The van der Waals surface area contributed by atoms with E-state index in [4.69, 9.17) is 15.9 Å². The van der Waals surface area contributed by atoms with Crippen molar-refractivity contribution in [3.8, 4) is 0 Å². The van der Waals surface area contributed by atoms with Crippen molar-refractivity contribution < 1.29 is 34.2 Å². The molecule has 1 saturated heterocycles. The highest BCUT2D eigenvalue weighted by atomic mass is 32.2. The summed E-state index contributed by atoms with van der Waals surface area (Å²) < 4.78 is 0. The van der Waals surface area contributed by atoms with Gasteiger partial charge in [-0.15, -0.1) is 0 Å². The van der Waals surface area contributed by atoms with E-state index in [2.05, 4.69) is 23.3 Å². The number of carboxylic acid groups (broad SMARTS) is 2. The van der Waals surface area contributed by atoms with E-state index in [1.807, 2.05) is 6.26 Å². The zero-order chi connectivity index (χ0) is 22.8. The van der Waals surface area contributed by atoms with Gasteiger partial charge in [-0.05, 0) is 31.3 Å². The number of aliphatic carboxylic acids is 2. The number of nitrogens with two attached hydrogens (primary N) is 1. The molecule has 0 spiro atoms. The van der Waals surface area contributed by atoms with Gasteiger partial charge in [-0.2, -0.15) is 24.4 Å². The van der Waals surface area contributed by atoms with Crippen molar-refractivity contribution in [2.75, 3.05) is 24.3 Å². The first-order valence-corrected chi connectivity index (χ1v) is 11.4. The van der Waals surface area contributed by atoms with E-state index in [-0.39, 0.29) is 11.7 Å². The third-order valence-corrected chi connectivity index (χ3v) is 5.61. The Morgan fingerprint density at radius 1 is 1.20 bits per heavy atom. The van der Waals surface area contributed by atoms with E-state index in [0.717, 1.165) is 0 Å². The molecular weight excluding hydrogens is 436 g/mol. The Morgan fingerprint density at radius 2 is 1.87 bits per heavy atom. The summed E-state index contributed by atoms with van der Waals surface area (Å²) >= 11 is 5.57. The van der Waals surface area contributed by atoms with Crippen molar-refractivity contribution in [3.05, 3.63) is 0 Å². The predicted octanol–water partition coefficient (Wildman–Crippen LogP) is -1.48. The molecule has 4 atom stereocenters. The van der Waals surface area contributed by atoms with Crippen LogP contribution in [0.15, 0.2) is 0 Å². The Kier molecular flexibility index (Phi) is 11.0. The summed E-state index contributed by atoms with van der Waals surface area (Å²) in [5.41, 5.74) is 5.93. The minimum Gasteiger partial charge on any atom is -0.481 e. The molecule has 0 aromatic carbocycles. The normalized spacial score (nSPS) is 18.9. The molecule has 0 radical (unpaired) electrons. The molecule has 1 aliphatic rings. The van der Waals surface area contributed by atoms with Gasteiger partial charge in [0.2, 0.25) is 17.7 Å². The predicted molar refractivity (Wildman–Crippen MR) is 113 cm³/mol. The highest BCUT2D eigenvalue weighted by Gasteiger charge is 2.37. The number of nitrogens with zero attached hydrogens (tertiary/aromatic N) is 1. The first-order valence-electron chi connectivity index (χ1n) is 9.33. The van der Waals surface area contributed by atoms with Gasteiger partial charge in [0.05, 0.1) is 12.5 Å². The fourth-order valence-corrected chi connectivity index (χ4v) is 3.74. The number of thioether (sulfide) groups is 1. The molecule has 0 bridgehead atoms. The fourth-order valence-electron chi connectivity index (χ4n) is 2.99. The van der Waals surface area contributed by atoms with Gasteiger partial charge in [0.25, 0.3) is 0 Å². The Hall–Kier alpha value is -1.99. The van der Waals surface area contributed by atoms with E-state index >= 15 is 0 Å². The van der Waals surface area contributed by atoms with E-state index in [0.29, 0.717) is 31.6 Å². The third-order valence-electron chi connectivity index (χ3n) is 4.60. The molecule has 0 saturated carbocycles. The minimum atomic E-state index is -1.65. The van der Waals surface area contributed by atoms with E-state index in [9.17, 15) is 24.0 Å². The van der Waals surface area contributed by atoms with Crippen molar-refractivity contribution >= 4 is 54.1 Å². The summed E-state index contributed by atoms with van der Waals surface area (Å²) in [4.78, 5) is 60.9. The van der Waals surface area contributed by atoms with Crippen molar-refractivity contribution in [2.45, 2.75) is 49.9 Å². The van der Waals surface area contributed by atoms with Crippen molar-refractivity contribution in [3.63, 3.8) is 0 Å². The molecule has 0 aromatic rings. The van der Waals surface area contributed by atoms with Crippen molar-refractivity contribution in [2.24, 2.45) is 5.73 Å². The number of nitrogens with one attached hydrogen (secondary N) is 2. The molecule has 3 amide bonds. The SMILES string of the molecule is CSCCC(N)C(=O)N1CCCC1C(=O)NC(CS)C(=O)NC(CC(=O)O)C(=O)O. The Bertz CT molecular complexity index is 664. The molecule has 11 nitrogen and oxygen atoms in total. The van der Waals surface area contributed by atoms with Gasteiger partial charge in [0.1, 0.15) is 18.1 Å². The molecule has 170 valence electrons. The van der Waals surface area contributed by atoms with Gasteiger partial charge in [-0.3, -0.25) is 19.2 Å². The van der Waals surface area contributed by atoms with Gasteiger partial charge in [-0.1, -0.05) is 0 Å². The van der Waals surface area contributed by atoms with Crippen LogP contribution in [0.3, 0.4) is 0 Å². The lowest BCUT2D eigenvalue weighted by atomic mass is 10.1. The molecule has 0 aromatic heterocycles. The van der Waals surface area contributed by atoms with Gasteiger partial charge in [0.15, 0.2) is 0 Å². The largest absolute Gasteiger partial charge is 0.481 e. The Balaban J connectivity index is 2.76. The first kappa shape index (κ1) is 26.0. The zero-order valence-electron chi connectivity index (χ0n) is 16.6. The second-order valence-electron chi connectivity index (χ2n) is 6.82. The number of carbonyl (C=O) groups is 5. The van der Waals surface area contributed by atoms with Crippen LogP contribution in [-0.2, 0) is 24.0 Å². The maximum atomic E-state index is 12.7. The van der Waals surface area contributed by atoms with Gasteiger partial charge < -0.3 is 31.5 Å². The standard InChI is InChI=1S/C17H28N4O7S2/c1-30-6-4-9(18)16(26)21-5-2-3-12(21)15(25)20-11(8-29)14(24)19-10(17(27)28)7-13(22)23/h9-12,29H,2-8,18H2,1H3,(H,19,24)(H,20,25)(H,22,23)(H,27,28). The smallest absolute Gasteiger partial charge is 0.326 e. The number of thiol groups is 1. The molecule has 4 unspecified atom stereocenters. The number of hydrogen-bond acceptors (Lipinski definition) is 8. The van der Waals surface area contributed by atoms with Crippen molar-refractivity contribution in [1.82, 2.24) is 15.5 Å². The lowest BCUT2D eigenvalue weighted by molar-refractivity contribution is -0.147. The summed E-state index contributed by atoms with van der Waals surface area (Å²) in [6.07, 6.45) is 2.58. The van der Waals surface area contributed by atoms with Crippen LogP contribution in [0.25, 0.3) is 0 Å². The number of rotatable bonds is 12. The van der Waals surface area contributed by atoms with Crippen LogP contribution < -0.4 is 16.4 Å². The third kappa shape index (κ3) is 7.69. The molecule has 1 heterocycles. The van der Waals surface area contributed by atoms with E-state index in [1.54, 1.807) is 11.8 Å². The quantitative estimate of drug-likeness (QED) is 0.188. The van der Waals surface area contributed by atoms with Gasteiger partial charge in [0, 0.05) is 12.3 Å². The second-order valence-corrected chi connectivity index (χ2v) is 8.17. The molecule has 1 fully saturated rings. The zero-order valence-corrected chi connectivity index (χ0v) is 18.3. The first-order chi connectivity index (χ1) is 14.1. The average molecular weight is 465 g/mol. The number of likely N-dealkylation sites (tertiary alicyclic amines) is 1. The van der Waals surface area contributed by atoms with Crippen LogP contribution in [0, 0.1) is 0 Å². The number of amides is 3. The fraction of sp³-hybridized carbons (Fsp3) is 0.706. The molecular formula is C17H28N4O7S2. The summed E-state index contributed by atoms with van der Waals surface area (Å²) in [5, 5.41) is 22.4. The maximum Gasteiger partial charge on any atom is 0.326 e. The van der Waals surface area contributed by atoms with Crippen LogP contribution in [0.5, 0.6) is 0 Å². The minimum absolute atomic E-state index is 0.148. The summed E-state index contributed by atoms with van der Waals surface area (Å²) in [6, 6.07) is -4.35. The Labute approximate surface area is 183 Å². The monoisotopic (exact) mass is 464 g/mol. The highest BCUT2D eigenvalue weighted by Crippen LogP contribution is 2.19. The summed E-state index contributed by atoms with van der Waals surface area (Å²) in [6.45, 7) is 0.376. The number of carbonyl (C=O) groups excluding carboxylic acids is 3. The van der Waals surface area contributed by atoms with E-state index < -0.39 is 54.3 Å². The summed E-state index contributed by atoms with van der Waals surface area (Å²) in [7, 11) is 0. The van der Waals surface area contributed by atoms with Gasteiger partial charge in [-0.25, -0.2) is 4.79 Å².